The van der Waals surface area contributed by atoms with Gasteiger partial charge in [-0.25, -0.2) is 0 Å². The minimum atomic E-state index is -0.245. The molecule has 0 saturated heterocycles. The first-order valence-corrected chi connectivity index (χ1v) is 4.70. The van der Waals surface area contributed by atoms with Crippen LogP contribution in [0.3, 0.4) is 0 Å². The van der Waals surface area contributed by atoms with Crippen LogP contribution in [0.5, 0.6) is 0 Å². The minimum absolute atomic E-state index is 0.245. The molecule has 0 unspecified atom stereocenters. The van der Waals surface area contributed by atoms with Crippen LogP contribution in [0.2, 0.25) is 0 Å². The second-order valence-corrected chi connectivity index (χ2v) is 2.56. The van der Waals surface area contributed by atoms with Crippen LogP contribution in [0.25, 0.3) is 0 Å². The fraction of sp³-hybridized carbons (Fsp3) is 0.364. The average molecular weight is 217 g/mol. The zero-order chi connectivity index (χ0) is 11.4. The maximum Gasteiger partial charge on any atom is 0.302 e. The summed E-state index contributed by atoms with van der Waals surface area (Å²) in [5, 5.41) is 0. The molecule has 0 saturated carbocycles. The first-order chi connectivity index (χ1) is 6.62. The van der Waals surface area contributed by atoms with Gasteiger partial charge in [-0.05, 0) is 12.5 Å². The van der Waals surface area contributed by atoms with Crippen LogP contribution in [0.1, 0.15) is 13.8 Å². The van der Waals surface area contributed by atoms with Crippen LogP contribution in [0.15, 0.2) is 36.5 Å². The molecule has 0 N–H and O–H groups in total. The van der Waals surface area contributed by atoms with Gasteiger partial charge in [0, 0.05) is 12.8 Å². The number of esters is 1. The van der Waals surface area contributed by atoms with Gasteiger partial charge in [-0.15, -0.1) is 11.6 Å². The summed E-state index contributed by atoms with van der Waals surface area (Å²) in [5.41, 5.74) is 1.12. The van der Waals surface area contributed by atoms with Crippen LogP contribution < -0.4 is 0 Å². The van der Waals surface area contributed by atoms with Crippen molar-refractivity contribution in [2.24, 2.45) is 0 Å². The number of ether oxygens (including phenoxy) is 1. The Hall–Kier alpha value is -1.02. The van der Waals surface area contributed by atoms with Gasteiger partial charge in [0.1, 0.15) is 0 Å². The smallest absolute Gasteiger partial charge is 0.302 e. The summed E-state index contributed by atoms with van der Waals surface area (Å²) >= 11 is 5.55. The summed E-state index contributed by atoms with van der Waals surface area (Å²) in [6, 6.07) is 0. The van der Waals surface area contributed by atoms with E-state index < -0.39 is 0 Å². The number of carbonyl (C=O) groups excluding carboxylic acids is 1. The molecule has 0 radical (unpaired) electrons. The Morgan fingerprint density at radius 1 is 1.57 bits per heavy atom. The molecule has 0 spiro atoms. The molecule has 0 bridgehead atoms. The number of methoxy groups -OCH3 is 1. The van der Waals surface area contributed by atoms with Gasteiger partial charge in [0.15, 0.2) is 0 Å². The van der Waals surface area contributed by atoms with Crippen LogP contribution in [0.4, 0.5) is 0 Å². The van der Waals surface area contributed by atoms with Crippen molar-refractivity contribution in [2.45, 2.75) is 13.8 Å². The van der Waals surface area contributed by atoms with Crippen LogP contribution in [-0.4, -0.2) is 19.0 Å². The van der Waals surface area contributed by atoms with E-state index in [4.69, 9.17) is 11.6 Å². The molecular weight excluding hydrogens is 200 g/mol. The van der Waals surface area contributed by atoms with Crippen molar-refractivity contribution in [3.63, 3.8) is 0 Å². The lowest BCUT2D eigenvalue weighted by Crippen LogP contribution is -1.88. The predicted octanol–water partition coefficient (Wildman–Crippen LogP) is 3.09. The number of alkyl halides is 1. The maximum absolute atomic E-state index is 9.59. The van der Waals surface area contributed by atoms with Gasteiger partial charge in [0.25, 0.3) is 0 Å². The van der Waals surface area contributed by atoms with E-state index in [2.05, 4.69) is 11.3 Å². The number of halogens is 1. The van der Waals surface area contributed by atoms with Crippen molar-refractivity contribution in [1.29, 1.82) is 0 Å². The molecule has 0 aromatic carbocycles. The summed E-state index contributed by atoms with van der Waals surface area (Å²) in [6.45, 7) is 6.87. The zero-order valence-electron chi connectivity index (χ0n) is 8.92. The molecular formula is C11H17ClO2. The SMILES string of the molecule is C=C/C=C\C(=C/C)CCl.COC(C)=O. The minimum Gasteiger partial charge on any atom is -0.469 e. The predicted molar refractivity (Wildman–Crippen MR) is 61.5 cm³/mol. The largest absolute Gasteiger partial charge is 0.469 e. The van der Waals surface area contributed by atoms with E-state index in [9.17, 15) is 4.79 Å². The Labute approximate surface area is 90.9 Å². The normalized spacial score (nSPS) is 10.4. The van der Waals surface area contributed by atoms with E-state index in [1.807, 2.05) is 25.2 Å². The lowest BCUT2D eigenvalue weighted by Gasteiger charge is -1.88. The van der Waals surface area contributed by atoms with Crippen molar-refractivity contribution < 1.29 is 9.53 Å². The van der Waals surface area contributed by atoms with Gasteiger partial charge in [-0.3, -0.25) is 4.79 Å². The van der Waals surface area contributed by atoms with E-state index in [1.165, 1.54) is 14.0 Å². The second kappa shape index (κ2) is 12.0. The topological polar surface area (TPSA) is 26.3 Å². The number of hydrogen-bond donors (Lipinski definition) is 0. The Balaban J connectivity index is 0. The van der Waals surface area contributed by atoms with E-state index in [0.29, 0.717) is 5.88 Å². The van der Waals surface area contributed by atoms with Gasteiger partial charge in [0.05, 0.1) is 7.11 Å². The molecule has 2 nitrogen and oxygen atoms in total. The van der Waals surface area contributed by atoms with E-state index in [-0.39, 0.29) is 5.97 Å². The standard InChI is InChI=1S/C8H11Cl.C3H6O2/c1-3-5-6-8(4-2)7-9;1-3(4)5-2/h3-6H,1,7H2,2H3;1-2H3/b6-5-,8-4+;. The summed E-state index contributed by atoms with van der Waals surface area (Å²) in [4.78, 5) is 9.59. The zero-order valence-corrected chi connectivity index (χ0v) is 9.67. The summed E-state index contributed by atoms with van der Waals surface area (Å²) in [7, 11) is 1.35. The third-order valence-corrected chi connectivity index (χ3v) is 1.57. The molecule has 80 valence electrons. The van der Waals surface area contributed by atoms with Gasteiger partial charge < -0.3 is 4.74 Å². The van der Waals surface area contributed by atoms with Gasteiger partial charge >= 0.3 is 5.97 Å². The quantitative estimate of drug-likeness (QED) is 0.412. The van der Waals surface area contributed by atoms with Gasteiger partial charge in [-0.2, -0.15) is 0 Å². The Morgan fingerprint density at radius 3 is 2.29 bits per heavy atom. The Kier molecular flexibility index (Phi) is 13.2. The number of hydrogen-bond acceptors (Lipinski definition) is 2. The molecule has 3 heteroatoms. The summed E-state index contributed by atoms with van der Waals surface area (Å²) in [6.07, 6.45) is 7.53. The molecule has 0 fully saturated rings. The first kappa shape index (κ1) is 15.5. The van der Waals surface area contributed by atoms with Crippen LogP contribution >= 0.6 is 11.6 Å². The average Bonchev–Trinajstić information content (AvgIpc) is 2.20. The number of rotatable bonds is 3. The van der Waals surface area contributed by atoms with E-state index >= 15 is 0 Å². The molecule has 14 heavy (non-hydrogen) atoms. The molecule has 0 aromatic heterocycles. The summed E-state index contributed by atoms with van der Waals surface area (Å²) < 4.78 is 4.11. The molecule has 0 aliphatic carbocycles. The highest BCUT2D eigenvalue weighted by atomic mass is 35.5. The van der Waals surface area contributed by atoms with E-state index in [0.717, 1.165) is 5.57 Å². The highest BCUT2D eigenvalue weighted by Gasteiger charge is 1.82. The van der Waals surface area contributed by atoms with Gasteiger partial charge in [0.2, 0.25) is 0 Å². The van der Waals surface area contributed by atoms with Crippen LogP contribution in [-0.2, 0) is 9.53 Å². The molecule has 0 atom stereocenters. The van der Waals surface area contributed by atoms with Crippen molar-refractivity contribution in [3.05, 3.63) is 36.5 Å². The Morgan fingerprint density at radius 2 is 2.07 bits per heavy atom. The lowest BCUT2D eigenvalue weighted by atomic mass is 10.2. The molecule has 0 amide bonds. The van der Waals surface area contributed by atoms with Crippen molar-refractivity contribution in [3.8, 4) is 0 Å². The third-order valence-electron chi connectivity index (χ3n) is 1.26. The highest BCUT2D eigenvalue weighted by Crippen LogP contribution is 1.98. The lowest BCUT2D eigenvalue weighted by molar-refractivity contribution is -0.137. The van der Waals surface area contributed by atoms with Crippen LogP contribution in [0, 0.1) is 0 Å². The second-order valence-electron chi connectivity index (χ2n) is 2.29. The summed E-state index contributed by atoms with van der Waals surface area (Å²) in [5.74, 6) is 0.325. The fourth-order valence-corrected chi connectivity index (χ4v) is 0.653. The monoisotopic (exact) mass is 216 g/mol. The molecule has 0 aromatic rings. The Bertz CT molecular complexity index is 217. The molecule has 0 aliphatic heterocycles. The number of carbonyl (C=O) groups is 1. The van der Waals surface area contributed by atoms with Crippen molar-refractivity contribution >= 4 is 17.6 Å². The molecule has 0 heterocycles. The highest BCUT2D eigenvalue weighted by molar-refractivity contribution is 6.19. The van der Waals surface area contributed by atoms with Crippen molar-refractivity contribution in [2.75, 3.05) is 13.0 Å². The third kappa shape index (κ3) is 13.6. The number of allylic oxidation sites excluding steroid dienone is 5. The molecule has 0 aliphatic rings. The molecule has 0 rings (SSSR count). The van der Waals surface area contributed by atoms with Crippen molar-refractivity contribution in [1.82, 2.24) is 0 Å². The van der Waals surface area contributed by atoms with E-state index in [1.54, 1.807) is 6.08 Å². The maximum atomic E-state index is 9.59. The fourth-order valence-electron chi connectivity index (χ4n) is 0.410. The first-order valence-electron chi connectivity index (χ1n) is 4.17. The van der Waals surface area contributed by atoms with Gasteiger partial charge in [-0.1, -0.05) is 30.9 Å².